The summed E-state index contributed by atoms with van der Waals surface area (Å²) in [6, 6.07) is 0. The zero-order chi connectivity index (χ0) is 11.2. The number of hydrogen-bond acceptors (Lipinski definition) is 6. The second kappa shape index (κ2) is 6.07. The average Bonchev–Trinajstić information content (AvgIpc) is 2.18. The third-order valence-electron chi connectivity index (χ3n) is 1.44. The van der Waals surface area contributed by atoms with Crippen molar-refractivity contribution >= 4 is 15.9 Å². The Hall–Kier alpha value is -0.500. The minimum Gasteiger partial charge on any atom is -0.341 e. The molecular weight excluding hydrogens is 212 g/mol. The molecule has 0 spiro atoms. The monoisotopic (exact) mass is 226 g/mol. The van der Waals surface area contributed by atoms with Gasteiger partial charge < -0.3 is 9.47 Å². The minimum absolute atomic E-state index is 0.210. The standard InChI is InChI=1S/C7H14O6S/c1-4-6(8)5-13-7(11-2)14(9,10)12-3/h7H,4-5H2,1-3H3. The Bertz CT molecular complexity index is 270. The molecule has 0 aliphatic rings. The predicted molar refractivity (Wildman–Crippen MR) is 48.0 cm³/mol. The highest BCUT2D eigenvalue weighted by atomic mass is 32.2. The highest BCUT2D eigenvalue weighted by Gasteiger charge is 2.26. The molecule has 0 aliphatic carbocycles. The Balaban J connectivity index is 4.24. The summed E-state index contributed by atoms with van der Waals surface area (Å²) in [5.74, 6) is -0.210. The quantitative estimate of drug-likeness (QED) is 0.445. The van der Waals surface area contributed by atoms with Gasteiger partial charge in [0.2, 0.25) is 0 Å². The van der Waals surface area contributed by atoms with Gasteiger partial charge in [-0.05, 0) is 0 Å². The van der Waals surface area contributed by atoms with Crippen LogP contribution >= 0.6 is 0 Å². The van der Waals surface area contributed by atoms with Crippen LogP contribution in [0.5, 0.6) is 0 Å². The molecule has 84 valence electrons. The van der Waals surface area contributed by atoms with E-state index < -0.39 is 15.7 Å². The topological polar surface area (TPSA) is 78.9 Å². The van der Waals surface area contributed by atoms with Crippen LogP contribution in [-0.2, 0) is 28.6 Å². The zero-order valence-corrected chi connectivity index (χ0v) is 9.17. The number of methoxy groups -OCH3 is 1. The summed E-state index contributed by atoms with van der Waals surface area (Å²) < 4.78 is 35.5. The van der Waals surface area contributed by atoms with E-state index >= 15 is 0 Å². The third-order valence-corrected chi connectivity index (χ3v) is 2.70. The van der Waals surface area contributed by atoms with Crippen molar-refractivity contribution in [3.8, 4) is 0 Å². The normalized spacial score (nSPS) is 13.9. The van der Waals surface area contributed by atoms with Crippen LogP contribution in [0.25, 0.3) is 0 Å². The summed E-state index contributed by atoms with van der Waals surface area (Å²) in [7, 11) is -1.77. The van der Waals surface area contributed by atoms with Crippen LogP contribution in [0.3, 0.4) is 0 Å². The summed E-state index contributed by atoms with van der Waals surface area (Å²) in [6.07, 6.45) is 0.281. The lowest BCUT2D eigenvalue weighted by molar-refractivity contribution is -0.132. The summed E-state index contributed by atoms with van der Waals surface area (Å²) in [6.45, 7) is 1.34. The van der Waals surface area contributed by atoms with Crippen molar-refractivity contribution < 1.29 is 26.9 Å². The highest BCUT2D eigenvalue weighted by Crippen LogP contribution is 2.05. The minimum atomic E-state index is -3.91. The van der Waals surface area contributed by atoms with Crippen LogP contribution in [0.15, 0.2) is 0 Å². The maximum atomic E-state index is 11.0. The van der Waals surface area contributed by atoms with E-state index in [1.807, 2.05) is 0 Å². The van der Waals surface area contributed by atoms with Crippen LogP contribution < -0.4 is 0 Å². The molecule has 0 heterocycles. The number of carbonyl (C=O) groups is 1. The second-order valence-electron chi connectivity index (χ2n) is 2.39. The highest BCUT2D eigenvalue weighted by molar-refractivity contribution is 7.87. The van der Waals surface area contributed by atoms with Gasteiger partial charge in [-0.1, -0.05) is 6.92 Å². The number of Topliss-reactive ketones (excluding diaryl/α,β-unsaturated/α-hetero) is 1. The van der Waals surface area contributed by atoms with Crippen LogP contribution in [0, 0.1) is 0 Å². The van der Waals surface area contributed by atoms with Gasteiger partial charge in [0.15, 0.2) is 5.78 Å². The molecule has 6 nitrogen and oxygen atoms in total. The summed E-state index contributed by atoms with van der Waals surface area (Å²) in [4.78, 5) is 10.8. The van der Waals surface area contributed by atoms with Gasteiger partial charge >= 0.3 is 10.1 Å². The third kappa shape index (κ3) is 4.14. The Morgan fingerprint density at radius 1 is 1.36 bits per heavy atom. The number of ether oxygens (including phenoxy) is 2. The first-order chi connectivity index (χ1) is 6.47. The van der Waals surface area contributed by atoms with Gasteiger partial charge in [0.1, 0.15) is 6.61 Å². The fourth-order valence-corrected chi connectivity index (χ4v) is 1.24. The zero-order valence-electron chi connectivity index (χ0n) is 8.35. The molecule has 0 aromatic heterocycles. The Morgan fingerprint density at radius 3 is 2.29 bits per heavy atom. The van der Waals surface area contributed by atoms with Gasteiger partial charge in [-0.25, -0.2) is 0 Å². The van der Waals surface area contributed by atoms with Crippen molar-refractivity contribution in [3.63, 3.8) is 0 Å². The molecule has 0 rings (SSSR count). The van der Waals surface area contributed by atoms with Crippen molar-refractivity contribution in [1.29, 1.82) is 0 Å². The van der Waals surface area contributed by atoms with Gasteiger partial charge in [0, 0.05) is 13.5 Å². The Labute approximate surface area is 83.3 Å². The maximum Gasteiger partial charge on any atom is 0.321 e. The summed E-state index contributed by atoms with van der Waals surface area (Å²) in [5, 5.41) is 0. The first-order valence-corrected chi connectivity index (χ1v) is 5.40. The number of hydrogen-bond donors (Lipinski definition) is 0. The molecular formula is C7H14O6S. The van der Waals surface area contributed by atoms with Crippen LogP contribution in [0.1, 0.15) is 13.3 Å². The van der Waals surface area contributed by atoms with Crippen molar-refractivity contribution in [2.24, 2.45) is 0 Å². The van der Waals surface area contributed by atoms with Crippen molar-refractivity contribution in [2.75, 3.05) is 20.8 Å². The molecule has 0 saturated heterocycles. The van der Waals surface area contributed by atoms with Crippen LogP contribution in [0.2, 0.25) is 0 Å². The lowest BCUT2D eigenvalue weighted by atomic mass is 10.3. The van der Waals surface area contributed by atoms with Crippen LogP contribution in [-0.4, -0.2) is 40.6 Å². The molecule has 0 radical (unpaired) electrons. The van der Waals surface area contributed by atoms with Gasteiger partial charge in [0.25, 0.3) is 5.62 Å². The molecule has 7 heteroatoms. The van der Waals surface area contributed by atoms with E-state index in [1.54, 1.807) is 6.92 Å². The van der Waals surface area contributed by atoms with E-state index in [4.69, 9.17) is 4.74 Å². The van der Waals surface area contributed by atoms with Gasteiger partial charge in [-0.15, -0.1) is 0 Å². The molecule has 0 aliphatic heterocycles. The lowest BCUT2D eigenvalue weighted by Crippen LogP contribution is -2.29. The lowest BCUT2D eigenvalue weighted by Gasteiger charge is -2.13. The molecule has 0 aromatic rings. The Morgan fingerprint density at radius 2 is 1.93 bits per heavy atom. The largest absolute Gasteiger partial charge is 0.341 e. The number of carbonyl (C=O) groups excluding carboxylic acids is 1. The molecule has 0 saturated carbocycles. The SMILES string of the molecule is CCC(=O)COC(OC)S(=O)(=O)OC. The molecule has 14 heavy (non-hydrogen) atoms. The van der Waals surface area contributed by atoms with E-state index in [0.717, 1.165) is 14.2 Å². The average molecular weight is 226 g/mol. The van der Waals surface area contributed by atoms with Gasteiger partial charge in [-0.3, -0.25) is 8.98 Å². The van der Waals surface area contributed by atoms with E-state index in [9.17, 15) is 13.2 Å². The van der Waals surface area contributed by atoms with E-state index in [1.165, 1.54) is 0 Å². The molecule has 0 fully saturated rings. The first-order valence-electron chi connectivity index (χ1n) is 3.93. The van der Waals surface area contributed by atoms with Gasteiger partial charge in [-0.2, -0.15) is 8.42 Å². The van der Waals surface area contributed by atoms with Crippen molar-refractivity contribution in [3.05, 3.63) is 0 Å². The predicted octanol–water partition coefficient (Wildman–Crippen LogP) is -0.112. The second-order valence-corrected chi connectivity index (χ2v) is 4.09. The van der Waals surface area contributed by atoms with Crippen molar-refractivity contribution in [1.82, 2.24) is 0 Å². The van der Waals surface area contributed by atoms with Crippen molar-refractivity contribution in [2.45, 2.75) is 19.0 Å². The fourth-order valence-electron chi connectivity index (χ4n) is 0.611. The van der Waals surface area contributed by atoms with Crippen LogP contribution in [0.4, 0.5) is 0 Å². The van der Waals surface area contributed by atoms with E-state index in [-0.39, 0.29) is 18.8 Å². The summed E-state index contributed by atoms with van der Waals surface area (Å²) >= 11 is 0. The molecule has 1 atom stereocenters. The Kier molecular flexibility index (Phi) is 5.86. The summed E-state index contributed by atoms with van der Waals surface area (Å²) in [5.41, 5.74) is -1.55. The van der Waals surface area contributed by atoms with Gasteiger partial charge in [0.05, 0.1) is 7.11 Å². The number of rotatable bonds is 7. The molecule has 0 amide bonds. The smallest absolute Gasteiger partial charge is 0.321 e. The van der Waals surface area contributed by atoms with E-state index in [2.05, 4.69) is 8.92 Å². The molecule has 0 bridgehead atoms. The van der Waals surface area contributed by atoms with E-state index in [0.29, 0.717) is 0 Å². The first kappa shape index (κ1) is 13.5. The fraction of sp³-hybridized carbons (Fsp3) is 0.857. The molecule has 1 unspecified atom stereocenters. The number of ketones is 1. The maximum absolute atomic E-state index is 11.0. The molecule has 0 aromatic carbocycles. The molecule has 0 N–H and O–H groups in total.